The lowest BCUT2D eigenvalue weighted by atomic mass is 9.93. The van der Waals surface area contributed by atoms with Gasteiger partial charge in [0.05, 0.1) is 0 Å². The maximum Gasteiger partial charge on any atom is 0.260 e. The van der Waals surface area contributed by atoms with Crippen molar-refractivity contribution in [3.05, 3.63) is 33.7 Å². The summed E-state index contributed by atoms with van der Waals surface area (Å²) in [5.74, 6) is -0.0688. The van der Waals surface area contributed by atoms with Gasteiger partial charge in [0.15, 0.2) is 0 Å². The van der Waals surface area contributed by atoms with Gasteiger partial charge in [0.25, 0.3) is 11.5 Å². The van der Waals surface area contributed by atoms with Crippen molar-refractivity contribution in [2.75, 3.05) is 0 Å². The lowest BCUT2D eigenvalue weighted by molar-refractivity contribution is 0.0612. The number of H-pyrrole nitrogens is 1. The van der Waals surface area contributed by atoms with Crippen LogP contribution in [0.3, 0.4) is 0 Å². The van der Waals surface area contributed by atoms with Gasteiger partial charge in [0, 0.05) is 17.8 Å². The van der Waals surface area contributed by atoms with Crippen LogP contribution in [0.1, 0.15) is 61.0 Å². The molecule has 1 aromatic heterocycles. The molecule has 4 nitrogen and oxygen atoms in total. The van der Waals surface area contributed by atoms with Gasteiger partial charge in [-0.15, -0.1) is 0 Å². The molecule has 1 heterocycles. The maximum absolute atomic E-state index is 12.8. The fourth-order valence-electron chi connectivity index (χ4n) is 3.22. The minimum absolute atomic E-state index is 0.0688. The average Bonchev–Trinajstić information content (AvgIpc) is 3.24. The van der Waals surface area contributed by atoms with Gasteiger partial charge in [-0.2, -0.15) is 0 Å². The molecule has 1 N–H and O–H groups in total. The molecule has 0 bridgehead atoms. The van der Waals surface area contributed by atoms with E-state index in [1.54, 1.807) is 12.1 Å². The number of carbonyl (C=O) groups is 1. The smallest absolute Gasteiger partial charge is 0.260 e. The van der Waals surface area contributed by atoms with Crippen LogP contribution in [0.5, 0.6) is 0 Å². The monoisotopic (exact) mass is 274 g/mol. The molecule has 0 saturated heterocycles. The van der Waals surface area contributed by atoms with Crippen molar-refractivity contribution in [1.29, 1.82) is 0 Å². The summed E-state index contributed by atoms with van der Waals surface area (Å²) in [7, 11) is 0. The van der Waals surface area contributed by atoms with Crippen molar-refractivity contribution >= 4 is 5.91 Å². The zero-order chi connectivity index (χ0) is 14.1. The Labute approximate surface area is 119 Å². The number of hydrogen-bond donors (Lipinski definition) is 1. The molecule has 2 saturated carbocycles. The van der Waals surface area contributed by atoms with E-state index in [2.05, 4.69) is 4.98 Å². The summed E-state index contributed by atoms with van der Waals surface area (Å²) in [5, 5.41) is 0. The van der Waals surface area contributed by atoms with Crippen molar-refractivity contribution < 1.29 is 4.79 Å². The first-order valence-corrected chi connectivity index (χ1v) is 7.69. The van der Waals surface area contributed by atoms with Gasteiger partial charge in [0.1, 0.15) is 5.56 Å². The highest BCUT2D eigenvalue weighted by Gasteiger charge is 2.38. The average molecular weight is 274 g/mol. The molecule has 0 aromatic carbocycles. The third kappa shape index (κ3) is 2.65. The Bertz CT molecular complexity index is 554. The third-order valence-corrected chi connectivity index (χ3v) is 4.43. The largest absolute Gasteiger partial charge is 0.333 e. The third-order valence-electron chi connectivity index (χ3n) is 4.43. The number of rotatable bonds is 3. The molecule has 20 heavy (non-hydrogen) atoms. The Kier molecular flexibility index (Phi) is 3.64. The molecule has 0 aliphatic heterocycles. The highest BCUT2D eigenvalue weighted by atomic mass is 16.2. The van der Waals surface area contributed by atoms with Crippen molar-refractivity contribution in [2.45, 2.75) is 64.0 Å². The van der Waals surface area contributed by atoms with Crippen LogP contribution in [-0.4, -0.2) is 27.9 Å². The molecular formula is C16H22N2O2. The Morgan fingerprint density at radius 2 is 1.75 bits per heavy atom. The van der Waals surface area contributed by atoms with E-state index < -0.39 is 0 Å². The molecular weight excluding hydrogens is 252 g/mol. The van der Waals surface area contributed by atoms with Crippen molar-refractivity contribution in [3.63, 3.8) is 0 Å². The molecule has 1 amide bonds. The highest BCUT2D eigenvalue weighted by molar-refractivity contribution is 5.94. The molecule has 1 aromatic rings. The number of nitrogens with zero attached hydrogens (tertiary/aromatic N) is 1. The molecule has 3 rings (SSSR count). The Morgan fingerprint density at radius 1 is 1.10 bits per heavy atom. The lowest BCUT2D eigenvalue weighted by Crippen LogP contribution is -2.44. The molecule has 0 radical (unpaired) electrons. The quantitative estimate of drug-likeness (QED) is 0.921. The molecule has 108 valence electrons. The summed E-state index contributed by atoms with van der Waals surface area (Å²) in [6, 6.07) is 4.19. The predicted molar refractivity (Wildman–Crippen MR) is 77.9 cm³/mol. The molecule has 0 atom stereocenters. The molecule has 2 fully saturated rings. The van der Waals surface area contributed by atoms with E-state index in [0.717, 1.165) is 31.4 Å². The first-order valence-electron chi connectivity index (χ1n) is 7.69. The van der Waals surface area contributed by atoms with Crippen LogP contribution in [0.4, 0.5) is 0 Å². The summed E-state index contributed by atoms with van der Waals surface area (Å²) >= 11 is 0. The van der Waals surface area contributed by atoms with Gasteiger partial charge in [-0.3, -0.25) is 9.59 Å². The topological polar surface area (TPSA) is 53.2 Å². The number of nitrogens with one attached hydrogen (secondary N) is 1. The van der Waals surface area contributed by atoms with Gasteiger partial charge in [0.2, 0.25) is 0 Å². The highest BCUT2D eigenvalue weighted by Crippen LogP contribution is 2.34. The summed E-state index contributed by atoms with van der Waals surface area (Å²) < 4.78 is 0. The van der Waals surface area contributed by atoms with E-state index in [1.165, 1.54) is 19.3 Å². The number of aromatic nitrogens is 1. The zero-order valence-corrected chi connectivity index (χ0v) is 12.0. The lowest BCUT2D eigenvalue weighted by Gasteiger charge is -2.34. The standard InChI is InChI=1S/C16H22N2O2/c1-11-7-10-14(15(19)17-11)16(20)18(13-8-9-13)12-5-3-2-4-6-12/h7,10,12-13H,2-6,8-9H2,1H3,(H,17,19). The van der Waals surface area contributed by atoms with Gasteiger partial charge in [-0.25, -0.2) is 0 Å². The normalized spacial score (nSPS) is 19.9. The van der Waals surface area contributed by atoms with Gasteiger partial charge < -0.3 is 9.88 Å². The van der Waals surface area contributed by atoms with E-state index in [9.17, 15) is 9.59 Å². The van der Waals surface area contributed by atoms with Crippen molar-refractivity contribution in [2.24, 2.45) is 0 Å². The van der Waals surface area contributed by atoms with Gasteiger partial charge >= 0.3 is 0 Å². The summed E-state index contributed by atoms with van der Waals surface area (Å²) in [6.45, 7) is 1.83. The van der Waals surface area contributed by atoms with Gasteiger partial charge in [-0.1, -0.05) is 19.3 Å². The van der Waals surface area contributed by atoms with Crippen LogP contribution in [0.25, 0.3) is 0 Å². The first kappa shape index (κ1) is 13.4. The zero-order valence-electron chi connectivity index (χ0n) is 12.0. The molecule has 4 heteroatoms. The SMILES string of the molecule is Cc1ccc(C(=O)N(C2CCCCC2)C2CC2)c(=O)[nH]1. The van der Waals surface area contributed by atoms with Crippen LogP contribution in [0.15, 0.2) is 16.9 Å². The number of aromatic amines is 1. The predicted octanol–water partition coefficient (Wildman–Crippen LogP) is 2.62. The second-order valence-electron chi connectivity index (χ2n) is 6.12. The number of aryl methyl sites for hydroxylation is 1. The summed E-state index contributed by atoms with van der Waals surface area (Å²) in [6.07, 6.45) is 8.03. The van der Waals surface area contributed by atoms with Crippen LogP contribution >= 0.6 is 0 Å². The maximum atomic E-state index is 12.8. The minimum Gasteiger partial charge on any atom is -0.333 e. The van der Waals surface area contributed by atoms with Crippen LogP contribution < -0.4 is 5.56 Å². The van der Waals surface area contributed by atoms with Crippen molar-refractivity contribution in [3.8, 4) is 0 Å². The van der Waals surface area contributed by atoms with E-state index >= 15 is 0 Å². The number of carbonyl (C=O) groups excluding carboxylic acids is 1. The first-order chi connectivity index (χ1) is 9.66. The van der Waals surface area contributed by atoms with E-state index in [-0.39, 0.29) is 11.5 Å². The van der Waals surface area contributed by atoms with E-state index in [0.29, 0.717) is 17.6 Å². The molecule has 2 aliphatic rings. The summed E-state index contributed by atoms with van der Waals surface area (Å²) in [5.41, 5.74) is 0.840. The number of hydrogen-bond acceptors (Lipinski definition) is 2. The molecule has 0 unspecified atom stereocenters. The molecule has 0 spiro atoms. The van der Waals surface area contributed by atoms with Crippen LogP contribution in [0, 0.1) is 6.92 Å². The second kappa shape index (κ2) is 5.43. The van der Waals surface area contributed by atoms with Crippen LogP contribution in [0.2, 0.25) is 0 Å². The summed E-state index contributed by atoms with van der Waals surface area (Å²) in [4.78, 5) is 29.5. The fourth-order valence-corrected chi connectivity index (χ4v) is 3.22. The second-order valence-corrected chi connectivity index (χ2v) is 6.12. The Balaban J connectivity index is 1.86. The van der Waals surface area contributed by atoms with E-state index in [1.807, 2.05) is 11.8 Å². The molecule has 2 aliphatic carbocycles. The minimum atomic E-state index is -0.253. The van der Waals surface area contributed by atoms with Crippen molar-refractivity contribution in [1.82, 2.24) is 9.88 Å². The number of pyridine rings is 1. The Hall–Kier alpha value is -1.58. The van der Waals surface area contributed by atoms with E-state index in [4.69, 9.17) is 0 Å². The Morgan fingerprint density at radius 3 is 2.35 bits per heavy atom. The number of amides is 1. The van der Waals surface area contributed by atoms with Crippen LogP contribution in [-0.2, 0) is 0 Å². The van der Waals surface area contributed by atoms with Gasteiger partial charge in [-0.05, 0) is 44.7 Å². The fraction of sp³-hybridized carbons (Fsp3) is 0.625.